The third-order valence-corrected chi connectivity index (χ3v) is 5.94. The highest BCUT2D eigenvalue weighted by atomic mass is 32.1. The third-order valence-electron chi connectivity index (χ3n) is 5.57. The maximum atomic E-state index is 14.1. The second-order valence-electron chi connectivity index (χ2n) is 8.46. The Morgan fingerprint density at radius 1 is 1.18 bits per heavy atom. The number of carbonyl (C=O) groups is 2. The first-order chi connectivity index (χ1) is 15.4. The van der Waals surface area contributed by atoms with Gasteiger partial charge in [0.1, 0.15) is 5.54 Å². The van der Waals surface area contributed by atoms with E-state index in [1.165, 1.54) is 17.0 Å². The van der Waals surface area contributed by atoms with Crippen LogP contribution in [0.4, 0.5) is 20.2 Å². The number of amides is 1. The average molecular weight is 472 g/mol. The molecule has 0 spiro atoms. The topological polar surface area (TPSA) is 84.6 Å². The van der Waals surface area contributed by atoms with E-state index in [1.807, 2.05) is 12.1 Å². The van der Waals surface area contributed by atoms with Crippen molar-refractivity contribution in [1.29, 1.82) is 5.26 Å². The lowest BCUT2D eigenvalue weighted by molar-refractivity contribution is -0.137. The van der Waals surface area contributed by atoms with Gasteiger partial charge in [0, 0.05) is 24.6 Å². The molecule has 1 N–H and O–H groups in total. The zero-order valence-electron chi connectivity index (χ0n) is 18.4. The summed E-state index contributed by atoms with van der Waals surface area (Å²) in [5.41, 5.74) is 0.0513. The number of carboxylic acid groups (broad SMARTS) is 1. The van der Waals surface area contributed by atoms with E-state index < -0.39 is 23.0 Å². The second kappa shape index (κ2) is 8.87. The highest BCUT2D eigenvalue weighted by Crippen LogP contribution is 2.39. The lowest BCUT2D eigenvalue weighted by Gasteiger charge is -2.29. The van der Waals surface area contributed by atoms with Crippen LogP contribution >= 0.6 is 12.2 Å². The molecule has 1 heterocycles. The molecule has 0 atom stereocenters. The number of aryl methyl sites for hydroxylation is 1. The van der Waals surface area contributed by atoms with E-state index in [0.29, 0.717) is 25.5 Å². The third kappa shape index (κ3) is 4.71. The number of carboxylic acids is 1. The molecule has 1 aliphatic rings. The summed E-state index contributed by atoms with van der Waals surface area (Å²) in [5.74, 6) is -4.49. The molecule has 0 aliphatic carbocycles. The molecule has 3 rings (SSSR count). The van der Waals surface area contributed by atoms with Gasteiger partial charge in [-0.1, -0.05) is 12.1 Å². The molecule has 1 saturated heterocycles. The number of hydrogen-bond donors (Lipinski definition) is 1. The fraction of sp³-hybridized carbons (Fsp3) is 0.333. The molecular weight excluding hydrogens is 448 g/mol. The molecule has 0 saturated carbocycles. The van der Waals surface area contributed by atoms with Gasteiger partial charge in [-0.05, 0) is 74.8 Å². The monoisotopic (exact) mass is 471 g/mol. The van der Waals surface area contributed by atoms with Gasteiger partial charge in [0.05, 0.1) is 17.3 Å². The van der Waals surface area contributed by atoms with Crippen molar-refractivity contribution in [1.82, 2.24) is 0 Å². The van der Waals surface area contributed by atoms with E-state index in [4.69, 9.17) is 17.3 Å². The number of carbonyl (C=O) groups excluding carboxylic acids is 1. The van der Waals surface area contributed by atoms with Gasteiger partial charge in [0.2, 0.25) is 0 Å². The first-order valence-electron chi connectivity index (χ1n) is 10.3. The number of halogens is 2. The van der Waals surface area contributed by atoms with Gasteiger partial charge in [-0.2, -0.15) is 5.26 Å². The summed E-state index contributed by atoms with van der Waals surface area (Å²) in [5, 5.41) is 18.1. The molecule has 1 amide bonds. The quantitative estimate of drug-likeness (QED) is 0.573. The van der Waals surface area contributed by atoms with Crippen molar-refractivity contribution in [2.24, 2.45) is 0 Å². The molecule has 1 aliphatic heterocycles. The van der Waals surface area contributed by atoms with Crippen LogP contribution in [0.5, 0.6) is 0 Å². The molecule has 0 aromatic heterocycles. The van der Waals surface area contributed by atoms with Crippen LogP contribution in [0.3, 0.4) is 0 Å². The molecule has 6 nitrogen and oxygen atoms in total. The van der Waals surface area contributed by atoms with E-state index in [1.54, 1.807) is 36.9 Å². The van der Waals surface area contributed by atoms with Crippen LogP contribution in [0, 0.1) is 11.3 Å². The first kappa shape index (κ1) is 24.3. The number of rotatable bonds is 7. The first-order valence-corrected chi connectivity index (χ1v) is 10.7. The van der Waals surface area contributed by atoms with E-state index in [0.717, 1.165) is 11.6 Å². The molecule has 0 radical (unpaired) electrons. The van der Waals surface area contributed by atoms with Gasteiger partial charge in [-0.25, -0.2) is 8.78 Å². The lowest BCUT2D eigenvalue weighted by Crippen LogP contribution is -2.44. The number of nitriles is 1. The Kier molecular flexibility index (Phi) is 6.52. The number of nitrogens with zero attached hydrogens (tertiary/aromatic N) is 3. The van der Waals surface area contributed by atoms with Gasteiger partial charge in [0.25, 0.3) is 11.8 Å². The maximum absolute atomic E-state index is 14.1. The van der Waals surface area contributed by atoms with Crippen molar-refractivity contribution in [3.63, 3.8) is 0 Å². The molecular formula is C24H23F2N3O3S. The smallest absolute Gasteiger partial charge is 0.303 e. The number of aliphatic carboxylic acids is 1. The Morgan fingerprint density at radius 2 is 1.79 bits per heavy atom. The van der Waals surface area contributed by atoms with Crippen molar-refractivity contribution in [2.75, 3.05) is 9.80 Å². The van der Waals surface area contributed by atoms with Gasteiger partial charge >= 0.3 is 5.97 Å². The van der Waals surface area contributed by atoms with Gasteiger partial charge in [0.15, 0.2) is 5.11 Å². The molecule has 33 heavy (non-hydrogen) atoms. The Bertz CT molecular complexity index is 1150. The van der Waals surface area contributed by atoms with E-state index in [-0.39, 0.29) is 28.7 Å². The standard InChI is InChI=1S/C24H23F2N3O3S/c1-23(2)21(32)28(18-12-9-16(14-27)19(13-18)24(3,25)26)22(33)29(23)17-10-7-15(8-11-17)5-4-6-20(30)31/h7-13H,4-6H2,1-3H3,(H,30,31). The van der Waals surface area contributed by atoms with Crippen LogP contribution in [0.2, 0.25) is 0 Å². The van der Waals surface area contributed by atoms with Gasteiger partial charge < -0.3 is 10.0 Å². The van der Waals surface area contributed by atoms with Crippen LogP contribution in [0.1, 0.15) is 50.3 Å². The van der Waals surface area contributed by atoms with Gasteiger partial charge in [-0.15, -0.1) is 0 Å². The minimum absolute atomic E-state index is 0.0812. The summed E-state index contributed by atoms with van der Waals surface area (Å²) in [6.45, 7) is 4.09. The van der Waals surface area contributed by atoms with Crippen LogP contribution in [0.15, 0.2) is 42.5 Å². The Hall–Kier alpha value is -3.38. The van der Waals surface area contributed by atoms with Crippen molar-refractivity contribution in [3.05, 3.63) is 59.2 Å². The summed E-state index contributed by atoms with van der Waals surface area (Å²) in [7, 11) is 0. The Morgan fingerprint density at radius 3 is 2.33 bits per heavy atom. The number of anilines is 2. The number of alkyl halides is 2. The summed E-state index contributed by atoms with van der Waals surface area (Å²) in [4.78, 5) is 26.9. The highest BCUT2D eigenvalue weighted by molar-refractivity contribution is 7.81. The normalized spacial score (nSPS) is 15.6. The zero-order chi connectivity index (χ0) is 24.6. The molecule has 2 aromatic rings. The van der Waals surface area contributed by atoms with Crippen LogP contribution in [-0.2, 0) is 21.9 Å². The minimum Gasteiger partial charge on any atom is -0.481 e. The Balaban J connectivity index is 1.94. The summed E-state index contributed by atoms with van der Waals surface area (Å²) < 4.78 is 28.2. The highest BCUT2D eigenvalue weighted by Gasteiger charge is 2.50. The van der Waals surface area contributed by atoms with Crippen molar-refractivity contribution < 1.29 is 23.5 Å². The largest absolute Gasteiger partial charge is 0.481 e. The molecule has 1 fully saturated rings. The summed E-state index contributed by atoms with van der Waals surface area (Å²) >= 11 is 5.59. The fourth-order valence-corrected chi connectivity index (χ4v) is 4.37. The SMILES string of the molecule is CC(F)(F)c1cc(N2C(=O)C(C)(C)N(c3ccc(CCCC(=O)O)cc3)C2=S)ccc1C#N. The van der Waals surface area contributed by atoms with Crippen molar-refractivity contribution in [2.45, 2.75) is 51.5 Å². The van der Waals surface area contributed by atoms with E-state index in [9.17, 15) is 23.6 Å². The maximum Gasteiger partial charge on any atom is 0.303 e. The molecule has 0 unspecified atom stereocenters. The number of thiocarbonyl (C=S) groups is 1. The summed E-state index contributed by atoms with van der Waals surface area (Å²) in [6, 6.07) is 12.9. The van der Waals surface area contributed by atoms with E-state index in [2.05, 4.69) is 0 Å². The average Bonchev–Trinajstić information content (AvgIpc) is 2.91. The van der Waals surface area contributed by atoms with Crippen LogP contribution < -0.4 is 9.80 Å². The van der Waals surface area contributed by atoms with Crippen LogP contribution in [0.25, 0.3) is 0 Å². The second-order valence-corrected chi connectivity index (χ2v) is 8.83. The molecule has 9 heteroatoms. The lowest BCUT2D eigenvalue weighted by atomic mass is 10.0. The van der Waals surface area contributed by atoms with Crippen molar-refractivity contribution >= 4 is 40.6 Å². The van der Waals surface area contributed by atoms with Gasteiger partial charge in [-0.3, -0.25) is 14.5 Å². The predicted molar refractivity (Wildman–Crippen MR) is 124 cm³/mol. The molecule has 172 valence electrons. The number of benzene rings is 2. The zero-order valence-corrected chi connectivity index (χ0v) is 19.2. The number of hydrogen-bond acceptors (Lipinski definition) is 4. The Labute approximate surface area is 196 Å². The minimum atomic E-state index is -3.27. The predicted octanol–water partition coefficient (Wildman–Crippen LogP) is 4.99. The van der Waals surface area contributed by atoms with Crippen LogP contribution in [-0.4, -0.2) is 27.6 Å². The van der Waals surface area contributed by atoms with E-state index >= 15 is 0 Å². The van der Waals surface area contributed by atoms with Crippen molar-refractivity contribution in [3.8, 4) is 6.07 Å². The summed E-state index contributed by atoms with van der Waals surface area (Å²) in [6.07, 6.45) is 1.19. The fourth-order valence-electron chi connectivity index (χ4n) is 3.84. The molecule has 2 aromatic carbocycles. The molecule has 0 bridgehead atoms.